The first-order chi connectivity index (χ1) is 16.6. The number of hydrogen-bond acceptors (Lipinski definition) is 4. The molecule has 2 aliphatic heterocycles. The van der Waals surface area contributed by atoms with Crippen LogP contribution in [0.3, 0.4) is 0 Å². The quantitative estimate of drug-likeness (QED) is 0.530. The van der Waals surface area contributed by atoms with E-state index in [4.69, 9.17) is 9.83 Å². The lowest BCUT2D eigenvalue weighted by Crippen LogP contribution is -2.58. The molecule has 2 aromatic carbocycles. The molecule has 0 unspecified atom stereocenters. The van der Waals surface area contributed by atoms with Crippen molar-refractivity contribution in [3.05, 3.63) is 65.7 Å². The van der Waals surface area contributed by atoms with Gasteiger partial charge in [-0.2, -0.15) is 9.64 Å². The van der Waals surface area contributed by atoms with Gasteiger partial charge in [0.1, 0.15) is 7.05 Å². The summed E-state index contributed by atoms with van der Waals surface area (Å²) in [5.41, 5.74) is 2.53. The number of fused-ring (bicyclic) bond motifs is 2. The van der Waals surface area contributed by atoms with E-state index < -0.39 is 11.6 Å². The highest BCUT2D eigenvalue weighted by Crippen LogP contribution is 2.40. The topological polar surface area (TPSA) is 74.0 Å². The maximum Gasteiger partial charge on any atom is 0.402 e. The Bertz CT molecular complexity index is 1170. The number of unbranched alkanes of at least 4 members (excludes halogenated alkanes) is 1. The molecule has 2 heterocycles. The van der Waals surface area contributed by atoms with Crippen LogP contribution in [-0.2, 0) is 14.4 Å². The predicted molar refractivity (Wildman–Crippen MR) is 130 cm³/mol. The Balaban J connectivity index is 1.59. The van der Waals surface area contributed by atoms with E-state index in [0.717, 1.165) is 48.2 Å². The fourth-order valence-electron chi connectivity index (χ4n) is 5.19. The van der Waals surface area contributed by atoms with Crippen LogP contribution in [0, 0.1) is 0 Å². The number of amides is 2. The molecule has 2 amide bonds. The molecule has 7 heteroatoms. The summed E-state index contributed by atoms with van der Waals surface area (Å²) in [5, 5.41) is 4.39. The molecule has 0 bridgehead atoms. The molecule has 3 aliphatic rings. The van der Waals surface area contributed by atoms with Gasteiger partial charge in [0.2, 0.25) is 11.6 Å². The van der Waals surface area contributed by atoms with Crippen molar-refractivity contribution in [2.75, 3.05) is 13.6 Å². The number of nitrogens with zero attached hydrogens (tertiary/aromatic N) is 3. The second-order valence-corrected chi connectivity index (χ2v) is 9.23. The smallest absolute Gasteiger partial charge is 0.354 e. The average Bonchev–Trinajstić information content (AvgIpc) is 3.46. The number of hydrogen-bond donors (Lipinski definition) is 1. The molecule has 0 aromatic heterocycles. The highest BCUT2D eigenvalue weighted by atomic mass is 16.7. The first-order valence-electron chi connectivity index (χ1n) is 12.2. The summed E-state index contributed by atoms with van der Waals surface area (Å²) in [5.74, 6) is 0.0332. The lowest BCUT2D eigenvalue weighted by Gasteiger charge is -2.34. The maximum atomic E-state index is 13.9. The molecule has 1 atom stereocenters. The maximum absolute atomic E-state index is 13.9. The third kappa shape index (κ3) is 3.59. The van der Waals surface area contributed by atoms with Crippen LogP contribution >= 0.6 is 0 Å². The summed E-state index contributed by atoms with van der Waals surface area (Å²) in [4.78, 5) is 38.5. The van der Waals surface area contributed by atoms with Gasteiger partial charge in [-0.15, -0.1) is 0 Å². The van der Waals surface area contributed by atoms with Gasteiger partial charge in [-0.25, -0.2) is 0 Å². The molecule has 1 N–H and O–H groups in total. The van der Waals surface area contributed by atoms with Crippen LogP contribution in [0.2, 0.25) is 0 Å². The van der Waals surface area contributed by atoms with Crippen molar-refractivity contribution in [1.29, 1.82) is 0 Å². The standard InChI is InChI=1S/C27H30N4O3/c1-3-4-18-28-26(33)27(16-10-11-17-27)31-24(32)23-25(34-31)30(2)21-15-9-8-14-20(21)22(29-23)19-12-6-5-7-13-19/h5-9,12-15,23H,3-4,10-11,16-18H2,1-2H3/p+1/t23-/m1/s1. The lowest BCUT2D eigenvalue weighted by molar-refractivity contribution is -0.422. The molecular formula is C27H31N4O3+. The number of benzene rings is 2. The average molecular weight is 460 g/mol. The van der Waals surface area contributed by atoms with E-state index in [1.165, 1.54) is 5.06 Å². The number of nitrogens with one attached hydrogen (secondary N) is 1. The molecule has 1 aliphatic carbocycles. The molecule has 1 saturated carbocycles. The minimum absolute atomic E-state index is 0.126. The highest BCUT2D eigenvalue weighted by molar-refractivity contribution is 6.19. The first-order valence-corrected chi connectivity index (χ1v) is 12.2. The monoisotopic (exact) mass is 459 g/mol. The van der Waals surface area contributed by atoms with Crippen molar-refractivity contribution in [2.45, 2.75) is 57.0 Å². The van der Waals surface area contributed by atoms with E-state index in [0.29, 0.717) is 25.3 Å². The fraction of sp³-hybridized carbons (Fsp3) is 0.407. The Morgan fingerprint density at radius 2 is 1.85 bits per heavy atom. The molecule has 176 valence electrons. The second kappa shape index (κ2) is 9.05. The van der Waals surface area contributed by atoms with Crippen LogP contribution in [0.5, 0.6) is 0 Å². The molecule has 7 nitrogen and oxygen atoms in total. The molecule has 2 fully saturated rings. The first kappa shape index (κ1) is 22.3. The van der Waals surface area contributed by atoms with Gasteiger partial charge in [0.05, 0.1) is 11.3 Å². The van der Waals surface area contributed by atoms with E-state index >= 15 is 0 Å². The number of rotatable bonds is 6. The number of para-hydroxylation sites is 1. The van der Waals surface area contributed by atoms with E-state index in [9.17, 15) is 9.59 Å². The van der Waals surface area contributed by atoms with Crippen LogP contribution in [0.4, 0.5) is 5.69 Å². The van der Waals surface area contributed by atoms with Crippen molar-refractivity contribution >= 4 is 29.1 Å². The van der Waals surface area contributed by atoms with Crippen LogP contribution in [0.1, 0.15) is 56.6 Å². The zero-order valence-electron chi connectivity index (χ0n) is 19.8. The molecule has 0 radical (unpaired) electrons. The normalized spacial score (nSPS) is 20.9. The van der Waals surface area contributed by atoms with Gasteiger partial charge in [-0.3, -0.25) is 14.6 Å². The number of carbonyl (C=O) groups excluding carboxylic acids is 2. The fourth-order valence-corrected chi connectivity index (χ4v) is 5.19. The van der Waals surface area contributed by atoms with Crippen LogP contribution < -0.4 is 5.32 Å². The minimum atomic E-state index is -0.993. The van der Waals surface area contributed by atoms with Gasteiger partial charge in [-0.1, -0.05) is 68.7 Å². The third-order valence-corrected chi connectivity index (χ3v) is 7.07. The molecule has 2 aromatic rings. The predicted octanol–water partition coefficient (Wildman–Crippen LogP) is 3.58. The van der Waals surface area contributed by atoms with Gasteiger partial charge >= 0.3 is 5.90 Å². The Kier molecular flexibility index (Phi) is 5.94. The van der Waals surface area contributed by atoms with E-state index in [1.807, 2.05) is 66.2 Å². The molecule has 1 saturated heterocycles. The summed E-state index contributed by atoms with van der Waals surface area (Å²) in [6.45, 7) is 2.69. The zero-order valence-corrected chi connectivity index (χ0v) is 19.8. The van der Waals surface area contributed by atoms with Crippen molar-refractivity contribution < 1.29 is 19.0 Å². The second-order valence-electron chi connectivity index (χ2n) is 9.23. The van der Waals surface area contributed by atoms with E-state index in [2.05, 4.69) is 12.2 Å². The lowest BCUT2D eigenvalue weighted by atomic mass is 9.95. The Labute approximate surface area is 200 Å². The highest BCUT2D eigenvalue weighted by Gasteiger charge is 2.59. The van der Waals surface area contributed by atoms with Crippen LogP contribution in [-0.4, -0.2) is 58.2 Å². The van der Waals surface area contributed by atoms with E-state index in [1.54, 1.807) is 0 Å². The summed E-state index contributed by atoms with van der Waals surface area (Å²) in [6.07, 6.45) is 4.84. The van der Waals surface area contributed by atoms with Gasteiger partial charge in [0.25, 0.3) is 11.9 Å². The Morgan fingerprint density at radius 1 is 1.15 bits per heavy atom. The number of carbonyl (C=O) groups is 2. The summed E-state index contributed by atoms with van der Waals surface area (Å²) in [6, 6.07) is 17.0. The number of aliphatic imine (C=N–C) groups is 1. The zero-order chi connectivity index (χ0) is 23.7. The van der Waals surface area contributed by atoms with Crippen LogP contribution in [0.25, 0.3) is 0 Å². The molecule has 0 spiro atoms. The van der Waals surface area contributed by atoms with Crippen molar-refractivity contribution in [2.24, 2.45) is 4.99 Å². The Morgan fingerprint density at radius 3 is 2.59 bits per heavy atom. The Hall–Kier alpha value is -3.48. The van der Waals surface area contributed by atoms with Crippen molar-refractivity contribution in [1.82, 2.24) is 10.4 Å². The number of hydroxylamine groups is 2. The minimum Gasteiger partial charge on any atom is -0.354 e. The molecular weight excluding hydrogens is 428 g/mol. The van der Waals surface area contributed by atoms with Crippen molar-refractivity contribution in [3.63, 3.8) is 0 Å². The summed E-state index contributed by atoms with van der Waals surface area (Å²) in [7, 11) is 1.89. The van der Waals surface area contributed by atoms with Crippen LogP contribution in [0.15, 0.2) is 59.6 Å². The van der Waals surface area contributed by atoms with E-state index in [-0.39, 0.29) is 11.8 Å². The summed E-state index contributed by atoms with van der Waals surface area (Å²) >= 11 is 0. The summed E-state index contributed by atoms with van der Waals surface area (Å²) < 4.78 is 1.90. The van der Waals surface area contributed by atoms with Gasteiger partial charge in [-0.05, 0) is 25.3 Å². The largest absolute Gasteiger partial charge is 0.402 e. The van der Waals surface area contributed by atoms with Gasteiger partial charge in [0, 0.05) is 18.2 Å². The van der Waals surface area contributed by atoms with Gasteiger partial charge in [0.15, 0.2) is 5.54 Å². The molecule has 34 heavy (non-hydrogen) atoms. The molecule has 5 rings (SSSR count). The SMILES string of the molecule is CCCCNC(=O)C1(N2OC3=[N+](C)c4ccccc4C(c4ccccc4)=N[C@@H]3C2=O)CCCC1. The van der Waals surface area contributed by atoms with Crippen molar-refractivity contribution in [3.8, 4) is 0 Å². The third-order valence-electron chi connectivity index (χ3n) is 7.07. The van der Waals surface area contributed by atoms with Gasteiger partial charge < -0.3 is 10.2 Å².